The van der Waals surface area contributed by atoms with Gasteiger partial charge in [-0.15, -0.1) is 0 Å². The summed E-state index contributed by atoms with van der Waals surface area (Å²) < 4.78 is 39.6. The Morgan fingerprint density at radius 1 is 1.35 bits per heavy atom. The number of nitrogens with one attached hydrogen (secondary N) is 1. The van der Waals surface area contributed by atoms with Gasteiger partial charge in [-0.3, -0.25) is 4.79 Å². The molecule has 0 spiro atoms. The van der Waals surface area contributed by atoms with Gasteiger partial charge in [0.05, 0.1) is 5.71 Å². The van der Waals surface area contributed by atoms with Crippen LogP contribution in [0.25, 0.3) is 0 Å². The van der Waals surface area contributed by atoms with Crippen molar-refractivity contribution in [2.75, 3.05) is 18.5 Å². The number of nitrogens with zero attached hydrogens (tertiary/aromatic N) is 1. The number of hydrogen-bond donors (Lipinski definition) is 2. The van der Waals surface area contributed by atoms with Gasteiger partial charge in [0.15, 0.2) is 0 Å². The van der Waals surface area contributed by atoms with Crippen LogP contribution >= 0.6 is 0 Å². The van der Waals surface area contributed by atoms with E-state index in [0.29, 0.717) is 17.0 Å². The summed E-state index contributed by atoms with van der Waals surface area (Å²) in [6.45, 7) is -0.553. The molecular weight excluding hydrogens is 277 g/mol. The van der Waals surface area contributed by atoms with E-state index in [-0.39, 0.29) is 0 Å². The van der Waals surface area contributed by atoms with Gasteiger partial charge < -0.3 is 15.3 Å². The number of amides is 1. The molecule has 1 rings (SSSR count). The zero-order valence-electron chi connectivity index (χ0n) is 10.6. The maximum absolute atomic E-state index is 11.8. The minimum atomic E-state index is -4.46. The topological polar surface area (TPSA) is 70.9 Å². The molecule has 2 N–H and O–H groups in total. The van der Waals surface area contributed by atoms with Crippen LogP contribution in [0.1, 0.15) is 12.5 Å². The van der Waals surface area contributed by atoms with Crippen molar-refractivity contribution in [3.63, 3.8) is 0 Å². The largest absolute Gasteiger partial charge is 0.411 e. The molecular formula is C12H13F3N2O3. The molecule has 0 aliphatic rings. The molecule has 0 aromatic heterocycles. The van der Waals surface area contributed by atoms with Gasteiger partial charge in [0.2, 0.25) is 5.91 Å². The minimum Gasteiger partial charge on any atom is -0.411 e. The average Bonchev–Trinajstić information content (AvgIpc) is 2.37. The minimum absolute atomic E-state index is 0.399. The summed E-state index contributed by atoms with van der Waals surface area (Å²) >= 11 is 0. The number of carbonyl (C=O) groups excluding carboxylic acids is 1. The Kier molecular flexibility index (Phi) is 5.51. The van der Waals surface area contributed by atoms with Crippen molar-refractivity contribution in [3.05, 3.63) is 29.8 Å². The SMILES string of the molecule is C/C(=N/O)c1ccc(NC(=O)COCC(F)(F)F)cc1. The standard InChI is InChI=1S/C12H13F3N2O3/c1-8(17-19)9-2-4-10(5-3-9)16-11(18)6-20-7-12(13,14)15/h2-5,19H,6-7H2,1H3,(H,16,18)/b17-8-. The van der Waals surface area contributed by atoms with Crippen LogP contribution in [0.4, 0.5) is 18.9 Å². The summed E-state index contributed by atoms with van der Waals surface area (Å²) in [7, 11) is 0. The lowest BCUT2D eigenvalue weighted by molar-refractivity contribution is -0.174. The molecule has 1 aromatic rings. The average molecular weight is 290 g/mol. The highest BCUT2D eigenvalue weighted by Crippen LogP contribution is 2.14. The van der Waals surface area contributed by atoms with E-state index >= 15 is 0 Å². The van der Waals surface area contributed by atoms with E-state index in [1.54, 1.807) is 19.1 Å². The third-order valence-corrected chi connectivity index (χ3v) is 2.24. The Labute approximate surface area is 113 Å². The maximum Gasteiger partial charge on any atom is 0.411 e. The van der Waals surface area contributed by atoms with Crippen LogP contribution in [-0.4, -0.2) is 36.2 Å². The molecule has 0 saturated heterocycles. The summed E-state index contributed by atoms with van der Waals surface area (Å²) in [5.74, 6) is -0.686. The predicted octanol–water partition coefficient (Wildman–Crippen LogP) is 2.40. The molecule has 5 nitrogen and oxygen atoms in total. The lowest BCUT2D eigenvalue weighted by atomic mass is 10.1. The highest BCUT2D eigenvalue weighted by molar-refractivity contribution is 5.99. The number of ether oxygens (including phenoxy) is 1. The Balaban J connectivity index is 2.46. The fourth-order valence-electron chi connectivity index (χ4n) is 1.31. The second kappa shape index (κ2) is 6.90. The fraction of sp³-hybridized carbons (Fsp3) is 0.333. The van der Waals surface area contributed by atoms with Gasteiger partial charge in [-0.1, -0.05) is 17.3 Å². The third-order valence-electron chi connectivity index (χ3n) is 2.24. The van der Waals surface area contributed by atoms with Gasteiger partial charge in [-0.05, 0) is 24.6 Å². The number of halogens is 3. The lowest BCUT2D eigenvalue weighted by Crippen LogP contribution is -2.23. The molecule has 0 radical (unpaired) electrons. The number of anilines is 1. The van der Waals surface area contributed by atoms with E-state index < -0.39 is 25.3 Å². The predicted molar refractivity (Wildman–Crippen MR) is 65.9 cm³/mol. The molecule has 0 aliphatic heterocycles. The van der Waals surface area contributed by atoms with Crippen LogP contribution in [0, 0.1) is 0 Å². The van der Waals surface area contributed by atoms with Crippen LogP contribution in [0.3, 0.4) is 0 Å². The van der Waals surface area contributed by atoms with Crippen LogP contribution in [-0.2, 0) is 9.53 Å². The molecule has 8 heteroatoms. The van der Waals surface area contributed by atoms with Crippen LogP contribution < -0.4 is 5.32 Å². The molecule has 0 saturated carbocycles. The number of hydrogen-bond acceptors (Lipinski definition) is 4. The van der Waals surface area contributed by atoms with Gasteiger partial charge in [-0.25, -0.2) is 0 Å². The molecule has 1 amide bonds. The maximum atomic E-state index is 11.8. The second-order valence-corrected chi connectivity index (χ2v) is 3.92. The van der Waals surface area contributed by atoms with Gasteiger partial charge in [-0.2, -0.15) is 13.2 Å². The first kappa shape index (κ1) is 16.0. The molecule has 0 fully saturated rings. The second-order valence-electron chi connectivity index (χ2n) is 3.92. The summed E-state index contributed by atoms with van der Waals surface area (Å²) in [6, 6.07) is 6.26. The van der Waals surface area contributed by atoms with E-state index in [1.165, 1.54) is 12.1 Å². The first-order valence-electron chi connectivity index (χ1n) is 5.55. The Morgan fingerprint density at radius 2 is 1.95 bits per heavy atom. The number of oxime groups is 1. The monoisotopic (exact) mass is 290 g/mol. The highest BCUT2D eigenvalue weighted by Gasteiger charge is 2.27. The quantitative estimate of drug-likeness (QED) is 0.497. The van der Waals surface area contributed by atoms with Crippen LogP contribution in [0.15, 0.2) is 29.4 Å². The van der Waals surface area contributed by atoms with Crippen molar-refractivity contribution in [1.82, 2.24) is 0 Å². The van der Waals surface area contributed by atoms with E-state index in [0.717, 1.165) is 0 Å². The Hall–Kier alpha value is -2.09. The molecule has 0 bridgehead atoms. The lowest BCUT2D eigenvalue weighted by Gasteiger charge is -2.08. The van der Waals surface area contributed by atoms with Crippen molar-refractivity contribution < 1.29 is 27.9 Å². The molecule has 110 valence electrons. The van der Waals surface area contributed by atoms with E-state index in [4.69, 9.17) is 5.21 Å². The number of alkyl halides is 3. The Morgan fingerprint density at radius 3 is 2.45 bits per heavy atom. The van der Waals surface area contributed by atoms with Crippen LogP contribution in [0.5, 0.6) is 0 Å². The fourth-order valence-corrected chi connectivity index (χ4v) is 1.31. The van der Waals surface area contributed by atoms with Crippen molar-refractivity contribution >= 4 is 17.3 Å². The molecule has 0 unspecified atom stereocenters. The molecule has 1 aromatic carbocycles. The van der Waals surface area contributed by atoms with Gasteiger partial charge in [0, 0.05) is 5.69 Å². The number of benzene rings is 1. The molecule has 0 atom stereocenters. The first-order valence-corrected chi connectivity index (χ1v) is 5.55. The van der Waals surface area contributed by atoms with Gasteiger partial charge in [0.25, 0.3) is 0 Å². The van der Waals surface area contributed by atoms with E-state index in [9.17, 15) is 18.0 Å². The summed E-state index contributed by atoms with van der Waals surface area (Å²) in [5.41, 5.74) is 1.45. The van der Waals surface area contributed by atoms with Crippen LogP contribution in [0.2, 0.25) is 0 Å². The highest BCUT2D eigenvalue weighted by atomic mass is 19.4. The molecule has 0 heterocycles. The third kappa shape index (κ3) is 5.70. The first-order chi connectivity index (χ1) is 9.31. The van der Waals surface area contributed by atoms with Crippen molar-refractivity contribution in [2.24, 2.45) is 5.16 Å². The molecule has 20 heavy (non-hydrogen) atoms. The zero-order valence-corrected chi connectivity index (χ0v) is 10.6. The van der Waals surface area contributed by atoms with Gasteiger partial charge >= 0.3 is 6.18 Å². The number of carbonyl (C=O) groups is 1. The Bertz CT molecular complexity index is 484. The molecule has 0 aliphatic carbocycles. The van der Waals surface area contributed by atoms with E-state index in [1.807, 2.05) is 0 Å². The van der Waals surface area contributed by atoms with Crippen molar-refractivity contribution in [1.29, 1.82) is 0 Å². The van der Waals surface area contributed by atoms with Gasteiger partial charge in [0.1, 0.15) is 13.2 Å². The summed E-state index contributed by atoms with van der Waals surface area (Å²) in [5, 5.41) is 14.0. The van der Waals surface area contributed by atoms with E-state index in [2.05, 4.69) is 15.2 Å². The van der Waals surface area contributed by atoms with Crippen molar-refractivity contribution in [3.8, 4) is 0 Å². The number of rotatable bonds is 5. The normalized spacial score (nSPS) is 12.3. The summed E-state index contributed by atoms with van der Waals surface area (Å²) in [4.78, 5) is 11.3. The summed E-state index contributed by atoms with van der Waals surface area (Å²) in [6.07, 6.45) is -4.46. The van der Waals surface area contributed by atoms with Crippen molar-refractivity contribution in [2.45, 2.75) is 13.1 Å². The smallest absolute Gasteiger partial charge is 0.411 e. The zero-order chi connectivity index (χ0) is 15.2.